The van der Waals surface area contributed by atoms with Gasteiger partial charge in [0.2, 0.25) is 0 Å². The fourth-order valence-electron chi connectivity index (χ4n) is 2.62. The fourth-order valence-corrected chi connectivity index (χ4v) is 2.62. The lowest BCUT2D eigenvalue weighted by atomic mass is 9.98. The summed E-state index contributed by atoms with van der Waals surface area (Å²) in [6.07, 6.45) is 3.33. The van der Waals surface area contributed by atoms with Crippen molar-refractivity contribution in [3.63, 3.8) is 0 Å². The first-order chi connectivity index (χ1) is 10.7. The van der Waals surface area contributed by atoms with E-state index in [-0.39, 0.29) is 17.6 Å². The summed E-state index contributed by atoms with van der Waals surface area (Å²) < 4.78 is 18.7. The summed E-state index contributed by atoms with van der Waals surface area (Å²) in [5.74, 6) is 0.306. The minimum atomic E-state index is -0.316. The monoisotopic (exact) mass is 304 g/mol. The van der Waals surface area contributed by atoms with Crippen molar-refractivity contribution in [3.05, 3.63) is 42.0 Å². The normalized spacial score (nSPS) is 18.2. The van der Waals surface area contributed by atoms with Crippen molar-refractivity contribution < 1.29 is 13.9 Å². The number of amides is 1. The molecule has 0 aliphatic carbocycles. The number of benzene rings is 1. The Kier molecular flexibility index (Phi) is 4.32. The second kappa shape index (κ2) is 6.55. The van der Waals surface area contributed by atoms with Gasteiger partial charge in [-0.1, -0.05) is 6.07 Å². The minimum absolute atomic E-state index is 0.121. The second-order valence-electron chi connectivity index (χ2n) is 5.38. The van der Waals surface area contributed by atoms with E-state index >= 15 is 0 Å². The minimum Gasteiger partial charge on any atom is -0.493 e. The van der Waals surface area contributed by atoms with Gasteiger partial charge in [0, 0.05) is 25.1 Å². The summed E-state index contributed by atoms with van der Waals surface area (Å²) in [5.41, 5.74) is 0.326. The second-order valence-corrected chi connectivity index (χ2v) is 5.38. The number of nitrogens with one attached hydrogen (secondary N) is 1. The van der Waals surface area contributed by atoms with Crippen molar-refractivity contribution in [1.82, 2.24) is 20.3 Å². The standard InChI is InChI=1S/C15H17FN4O2/c16-12-4-1-5-13(7-12)22-10-11-3-2-6-20(9-11)15(21)14-8-17-19-18-14/h1,4-5,7-8,11H,2-3,6,9-10H2,(H,17,18,19)/t11-/m0/s1. The third-order valence-electron chi connectivity index (χ3n) is 3.72. The van der Waals surface area contributed by atoms with Gasteiger partial charge in [-0.25, -0.2) is 4.39 Å². The van der Waals surface area contributed by atoms with E-state index in [1.54, 1.807) is 17.0 Å². The van der Waals surface area contributed by atoms with Gasteiger partial charge in [-0.2, -0.15) is 15.4 Å². The summed E-state index contributed by atoms with van der Waals surface area (Å²) in [5, 5.41) is 9.92. The molecule has 1 saturated heterocycles. The first kappa shape index (κ1) is 14.5. The van der Waals surface area contributed by atoms with E-state index in [1.807, 2.05) is 0 Å². The molecule has 3 rings (SSSR count). The Morgan fingerprint density at radius 2 is 2.41 bits per heavy atom. The number of carbonyl (C=O) groups is 1. The van der Waals surface area contributed by atoms with Gasteiger partial charge in [-0.3, -0.25) is 4.79 Å². The number of rotatable bonds is 4. The SMILES string of the molecule is O=C(c1cn[nH]n1)N1CCC[C@H](COc2cccc(F)c2)C1. The summed E-state index contributed by atoms with van der Waals surface area (Å²) in [6.45, 7) is 1.79. The number of hydrogen-bond donors (Lipinski definition) is 1. The molecule has 1 aromatic carbocycles. The molecule has 6 nitrogen and oxygen atoms in total. The molecule has 0 spiro atoms. The Labute approximate surface area is 127 Å². The van der Waals surface area contributed by atoms with Gasteiger partial charge in [-0.05, 0) is 25.0 Å². The molecule has 0 saturated carbocycles. The smallest absolute Gasteiger partial charge is 0.276 e. The van der Waals surface area contributed by atoms with Crippen LogP contribution in [0.15, 0.2) is 30.5 Å². The molecule has 1 N–H and O–H groups in total. The van der Waals surface area contributed by atoms with Crippen molar-refractivity contribution in [3.8, 4) is 5.75 Å². The maximum atomic E-state index is 13.1. The molecule has 1 aromatic heterocycles. The molecule has 0 radical (unpaired) electrons. The molecule has 2 aromatic rings. The first-order valence-electron chi connectivity index (χ1n) is 7.26. The molecule has 22 heavy (non-hydrogen) atoms. The highest BCUT2D eigenvalue weighted by Crippen LogP contribution is 2.20. The predicted molar refractivity (Wildman–Crippen MR) is 76.9 cm³/mol. The lowest BCUT2D eigenvalue weighted by molar-refractivity contribution is 0.0627. The van der Waals surface area contributed by atoms with Crippen LogP contribution in [0.3, 0.4) is 0 Å². The van der Waals surface area contributed by atoms with Gasteiger partial charge in [0.05, 0.1) is 12.8 Å². The summed E-state index contributed by atoms with van der Waals surface area (Å²) in [6, 6.07) is 6.09. The molecule has 2 heterocycles. The molecule has 1 amide bonds. The van der Waals surface area contributed by atoms with Crippen molar-refractivity contribution in [1.29, 1.82) is 0 Å². The van der Waals surface area contributed by atoms with Crippen LogP contribution in [0.25, 0.3) is 0 Å². The van der Waals surface area contributed by atoms with Crippen LogP contribution in [-0.2, 0) is 0 Å². The number of halogens is 1. The van der Waals surface area contributed by atoms with Gasteiger partial charge in [-0.15, -0.1) is 0 Å². The van der Waals surface area contributed by atoms with Crippen LogP contribution in [0, 0.1) is 11.7 Å². The molecular formula is C15H17FN4O2. The van der Waals surface area contributed by atoms with Crippen molar-refractivity contribution in [2.45, 2.75) is 12.8 Å². The topological polar surface area (TPSA) is 71.1 Å². The number of likely N-dealkylation sites (tertiary alicyclic amines) is 1. The average molecular weight is 304 g/mol. The van der Waals surface area contributed by atoms with E-state index in [0.29, 0.717) is 31.1 Å². The van der Waals surface area contributed by atoms with E-state index in [0.717, 1.165) is 12.8 Å². The Bertz CT molecular complexity index is 632. The molecule has 1 aliphatic heterocycles. The maximum absolute atomic E-state index is 13.1. The molecule has 1 aliphatic rings. The molecule has 0 unspecified atom stereocenters. The molecule has 116 valence electrons. The maximum Gasteiger partial charge on any atom is 0.276 e. The number of aromatic nitrogens is 3. The van der Waals surface area contributed by atoms with Gasteiger partial charge in [0.25, 0.3) is 5.91 Å². The van der Waals surface area contributed by atoms with Crippen LogP contribution in [0.2, 0.25) is 0 Å². The Morgan fingerprint density at radius 1 is 1.50 bits per heavy atom. The van der Waals surface area contributed by atoms with E-state index in [2.05, 4.69) is 15.4 Å². The number of piperidine rings is 1. The number of H-pyrrole nitrogens is 1. The zero-order valence-electron chi connectivity index (χ0n) is 12.0. The highest BCUT2D eigenvalue weighted by atomic mass is 19.1. The zero-order valence-corrected chi connectivity index (χ0v) is 12.0. The number of aromatic amines is 1. The molecule has 1 atom stereocenters. The Morgan fingerprint density at radius 3 is 3.18 bits per heavy atom. The summed E-state index contributed by atoms with van der Waals surface area (Å²) >= 11 is 0. The number of nitrogens with zero attached hydrogens (tertiary/aromatic N) is 3. The lowest BCUT2D eigenvalue weighted by Gasteiger charge is -2.32. The Balaban J connectivity index is 1.55. The van der Waals surface area contributed by atoms with Crippen molar-refractivity contribution in [2.75, 3.05) is 19.7 Å². The van der Waals surface area contributed by atoms with E-state index in [4.69, 9.17) is 4.74 Å². The highest BCUT2D eigenvalue weighted by Gasteiger charge is 2.26. The number of carbonyl (C=O) groups excluding carboxylic acids is 1. The largest absolute Gasteiger partial charge is 0.493 e. The number of ether oxygens (including phenoxy) is 1. The van der Waals surface area contributed by atoms with E-state index < -0.39 is 0 Å². The Hall–Kier alpha value is -2.44. The van der Waals surface area contributed by atoms with Crippen LogP contribution >= 0.6 is 0 Å². The van der Waals surface area contributed by atoms with Crippen LogP contribution in [0.1, 0.15) is 23.3 Å². The van der Waals surface area contributed by atoms with E-state index in [1.165, 1.54) is 18.3 Å². The molecule has 7 heteroatoms. The van der Waals surface area contributed by atoms with Crippen LogP contribution in [-0.4, -0.2) is 45.9 Å². The first-order valence-corrected chi connectivity index (χ1v) is 7.26. The summed E-state index contributed by atoms with van der Waals surface area (Å²) in [4.78, 5) is 14.0. The van der Waals surface area contributed by atoms with Crippen molar-refractivity contribution >= 4 is 5.91 Å². The zero-order chi connectivity index (χ0) is 15.4. The quantitative estimate of drug-likeness (QED) is 0.936. The molecule has 1 fully saturated rings. The van der Waals surface area contributed by atoms with Crippen LogP contribution in [0.5, 0.6) is 5.75 Å². The predicted octanol–water partition coefficient (Wildman–Crippen LogP) is 1.88. The van der Waals surface area contributed by atoms with Crippen molar-refractivity contribution in [2.24, 2.45) is 5.92 Å². The van der Waals surface area contributed by atoms with Gasteiger partial charge in [0.15, 0.2) is 5.69 Å². The van der Waals surface area contributed by atoms with Crippen LogP contribution in [0.4, 0.5) is 4.39 Å². The van der Waals surface area contributed by atoms with Gasteiger partial charge < -0.3 is 9.64 Å². The number of hydrogen-bond acceptors (Lipinski definition) is 4. The summed E-state index contributed by atoms with van der Waals surface area (Å²) in [7, 11) is 0. The highest BCUT2D eigenvalue weighted by molar-refractivity contribution is 5.91. The third kappa shape index (κ3) is 3.41. The van der Waals surface area contributed by atoms with Crippen LogP contribution < -0.4 is 4.74 Å². The van der Waals surface area contributed by atoms with Gasteiger partial charge >= 0.3 is 0 Å². The molecule has 0 bridgehead atoms. The van der Waals surface area contributed by atoms with E-state index in [9.17, 15) is 9.18 Å². The average Bonchev–Trinajstić information content (AvgIpc) is 3.07. The third-order valence-corrected chi connectivity index (χ3v) is 3.72. The lowest BCUT2D eigenvalue weighted by Crippen LogP contribution is -2.41. The molecular weight excluding hydrogens is 287 g/mol. The van der Waals surface area contributed by atoms with Gasteiger partial charge in [0.1, 0.15) is 11.6 Å². The fraction of sp³-hybridized carbons (Fsp3) is 0.400.